The Morgan fingerprint density at radius 1 is 1.22 bits per heavy atom. The Balaban J connectivity index is 2.20. The van der Waals surface area contributed by atoms with E-state index in [1.807, 2.05) is 6.92 Å². The normalized spacial score (nSPS) is 34.0. The molecular weight excluding hydrogens is 362 g/mol. The van der Waals surface area contributed by atoms with Crippen LogP contribution in [0, 0.1) is 23.2 Å². The number of ketones is 1. The Morgan fingerprint density at radius 3 is 2.48 bits per heavy atom. The van der Waals surface area contributed by atoms with Gasteiger partial charge in [-0.2, -0.15) is 0 Å². The Kier molecular flexibility index (Phi) is 5.37. The van der Waals surface area contributed by atoms with E-state index >= 15 is 0 Å². The molecule has 1 aromatic carbocycles. The first-order chi connectivity index (χ1) is 12.8. The molecule has 0 bridgehead atoms. The van der Waals surface area contributed by atoms with Crippen LogP contribution in [-0.2, 0) is 14.6 Å². The van der Waals surface area contributed by atoms with Gasteiger partial charge in [0.1, 0.15) is 5.25 Å². The van der Waals surface area contributed by atoms with Crippen molar-refractivity contribution in [2.75, 3.05) is 0 Å². The van der Waals surface area contributed by atoms with Crippen molar-refractivity contribution in [3.05, 3.63) is 40.8 Å². The van der Waals surface area contributed by atoms with Crippen LogP contribution in [-0.4, -0.2) is 25.5 Å². The molecule has 2 saturated carbocycles. The standard InChI is InChI=1S/C20H27N3O3S/c1-13(2)16-10-9-14(3)20(18(16)22-23-21)12-11-17(24)19(20)27(25,26)15-7-5-4-6-8-15/h4-8,13-14,16,18-19H,9-12H2,1-3H3/t14-,16-,18+,19?,20+/m0/s1. The second kappa shape index (κ2) is 7.28. The van der Waals surface area contributed by atoms with E-state index in [4.69, 9.17) is 0 Å². The van der Waals surface area contributed by atoms with E-state index in [9.17, 15) is 18.7 Å². The Labute approximate surface area is 160 Å². The van der Waals surface area contributed by atoms with Crippen molar-refractivity contribution in [2.45, 2.75) is 62.6 Å². The van der Waals surface area contributed by atoms with Crippen LogP contribution in [0.5, 0.6) is 0 Å². The summed E-state index contributed by atoms with van der Waals surface area (Å²) in [5.41, 5.74) is 8.42. The van der Waals surface area contributed by atoms with Gasteiger partial charge in [0.25, 0.3) is 0 Å². The van der Waals surface area contributed by atoms with E-state index in [1.54, 1.807) is 30.3 Å². The van der Waals surface area contributed by atoms with E-state index < -0.39 is 26.5 Å². The summed E-state index contributed by atoms with van der Waals surface area (Å²) in [5, 5.41) is 2.99. The highest BCUT2D eigenvalue weighted by Gasteiger charge is 2.63. The number of carbonyl (C=O) groups excluding carboxylic acids is 1. The van der Waals surface area contributed by atoms with Crippen LogP contribution in [0.2, 0.25) is 0 Å². The molecule has 2 aliphatic rings. The van der Waals surface area contributed by atoms with Crippen molar-refractivity contribution in [1.29, 1.82) is 0 Å². The largest absolute Gasteiger partial charge is 0.298 e. The molecule has 0 saturated heterocycles. The van der Waals surface area contributed by atoms with Crippen LogP contribution in [0.1, 0.15) is 46.5 Å². The first-order valence-corrected chi connectivity index (χ1v) is 11.2. The maximum atomic E-state index is 13.5. The molecule has 0 heterocycles. The monoisotopic (exact) mass is 389 g/mol. The Bertz CT molecular complexity index is 862. The maximum Gasteiger partial charge on any atom is 0.188 e. The molecular formula is C20H27N3O3S. The summed E-state index contributed by atoms with van der Waals surface area (Å²) in [6.07, 6.45) is 2.42. The third-order valence-electron chi connectivity index (χ3n) is 6.81. The predicted octanol–water partition coefficient (Wildman–Crippen LogP) is 4.56. The molecule has 27 heavy (non-hydrogen) atoms. The van der Waals surface area contributed by atoms with E-state index in [-0.39, 0.29) is 34.9 Å². The van der Waals surface area contributed by atoms with Crippen LogP contribution in [0.25, 0.3) is 10.4 Å². The van der Waals surface area contributed by atoms with Gasteiger partial charge in [-0.25, -0.2) is 8.42 Å². The average Bonchev–Trinajstić information content (AvgIpc) is 2.99. The molecule has 1 aromatic rings. The zero-order chi connectivity index (χ0) is 19.8. The molecule has 2 aliphatic carbocycles. The molecule has 1 unspecified atom stereocenters. The number of Topliss-reactive ketones (excluding diaryl/α,β-unsaturated/α-hetero) is 1. The van der Waals surface area contributed by atoms with Gasteiger partial charge < -0.3 is 0 Å². The van der Waals surface area contributed by atoms with Crippen LogP contribution >= 0.6 is 0 Å². The number of carbonyl (C=O) groups is 1. The van der Waals surface area contributed by atoms with Crippen molar-refractivity contribution in [3.8, 4) is 0 Å². The third kappa shape index (κ3) is 3.07. The van der Waals surface area contributed by atoms with E-state index in [2.05, 4.69) is 23.9 Å². The minimum absolute atomic E-state index is 0.00191. The lowest BCUT2D eigenvalue weighted by atomic mass is 9.57. The van der Waals surface area contributed by atoms with Crippen molar-refractivity contribution in [2.24, 2.45) is 28.3 Å². The first kappa shape index (κ1) is 19.9. The van der Waals surface area contributed by atoms with E-state index in [0.29, 0.717) is 6.42 Å². The quantitative estimate of drug-likeness (QED) is 0.428. The third-order valence-corrected chi connectivity index (χ3v) is 9.06. The molecule has 6 nitrogen and oxygen atoms in total. The summed E-state index contributed by atoms with van der Waals surface area (Å²) in [5.74, 6) is 0.0864. The summed E-state index contributed by atoms with van der Waals surface area (Å²) in [4.78, 5) is 16.2. The highest BCUT2D eigenvalue weighted by atomic mass is 32.2. The molecule has 7 heteroatoms. The van der Waals surface area contributed by atoms with Crippen LogP contribution in [0.4, 0.5) is 0 Å². The summed E-state index contributed by atoms with van der Waals surface area (Å²) in [6.45, 7) is 6.17. The lowest BCUT2D eigenvalue weighted by Gasteiger charge is -2.51. The molecule has 0 amide bonds. The highest BCUT2D eigenvalue weighted by Crippen LogP contribution is 2.58. The fourth-order valence-corrected chi connectivity index (χ4v) is 7.76. The Morgan fingerprint density at radius 2 is 1.89 bits per heavy atom. The van der Waals surface area contributed by atoms with Crippen molar-refractivity contribution in [1.82, 2.24) is 0 Å². The van der Waals surface area contributed by atoms with Gasteiger partial charge in [-0.05, 0) is 54.7 Å². The molecule has 0 radical (unpaired) electrons. The number of benzene rings is 1. The highest BCUT2D eigenvalue weighted by molar-refractivity contribution is 7.93. The van der Waals surface area contributed by atoms with Gasteiger partial charge >= 0.3 is 0 Å². The number of rotatable bonds is 4. The molecule has 3 rings (SSSR count). The molecule has 146 valence electrons. The second-order valence-electron chi connectivity index (χ2n) is 8.35. The topological polar surface area (TPSA) is 100.0 Å². The van der Waals surface area contributed by atoms with Crippen molar-refractivity contribution < 1.29 is 13.2 Å². The first-order valence-electron chi connectivity index (χ1n) is 9.62. The molecule has 0 aromatic heterocycles. The molecule has 0 N–H and O–H groups in total. The van der Waals surface area contributed by atoms with E-state index in [1.165, 1.54) is 0 Å². The summed E-state index contributed by atoms with van der Waals surface area (Å²) >= 11 is 0. The van der Waals surface area contributed by atoms with Gasteiger partial charge in [0.15, 0.2) is 15.6 Å². The Hall–Kier alpha value is -1.85. The van der Waals surface area contributed by atoms with Gasteiger partial charge in [-0.3, -0.25) is 4.79 Å². The van der Waals surface area contributed by atoms with Gasteiger partial charge in [-0.15, -0.1) is 0 Å². The van der Waals surface area contributed by atoms with Gasteiger partial charge in [-0.1, -0.05) is 44.1 Å². The smallest absolute Gasteiger partial charge is 0.188 e. The molecule has 1 spiro atoms. The number of azide groups is 1. The summed E-state index contributed by atoms with van der Waals surface area (Å²) in [7, 11) is -3.86. The maximum absolute atomic E-state index is 13.5. The number of hydrogen-bond donors (Lipinski definition) is 0. The SMILES string of the molecule is CC(C)[C@@H]1CC[C@H](C)[C@]2(CCC(=O)C2S(=O)(=O)c2ccccc2)[C@@H]1N=[N+]=[N-]. The zero-order valence-corrected chi connectivity index (χ0v) is 16.9. The fraction of sp³-hybridized carbons (Fsp3) is 0.650. The van der Waals surface area contributed by atoms with Crippen LogP contribution in [0.15, 0.2) is 40.3 Å². The zero-order valence-electron chi connectivity index (χ0n) is 16.1. The average molecular weight is 390 g/mol. The van der Waals surface area contributed by atoms with Crippen molar-refractivity contribution in [3.63, 3.8) is 0 Å². The van der Waals surface area contributed by atoms with Gasteiger partial charge in [0, 0.05) is 22.8 Å². The van der Waals surface area contributed by atoms with E-state index in [0.717, 1.165) is 12.8 Å². The van der Waals surface area contributed by atoms with Crippen LogP contribution < -0.4 is 0 Å². The molecule has 5 atom stereocenters. The number of hydrogen-bond acceptors (Lipinski definition) is 4. The predicted molar refractivity (Wildman–Crippen MR) is 104 cm³/mol. The van der Waals surface area contributed by atoms with Gasteiger partial charge in [0.2, 0.25) is 0 Å². The second-order valence-corrected chi connectivity index (χ2v) is 10.4. The van der Waals surface area contributed by atoms with Crippen LogP contribution in [0.3, 0.4) is 0 Å². The number of nitrogens with zero attached hydrogens (tertiary/aromatic N) is 3. The lowest BCUT2D eigenvalue weighted by molar-refractivity contribution is -0.118. The number of sulfone groups is 1. The summed E-state index contributed by atoms with van der Waals surface area (Å²) < 4.78 is 27.1. The molecule has 0 aliphatic heterocycles. The van der Waals surface area contributed by atoms with Crippen molar-refractivity contribution >= 4 is 15.6 Å². The minimum atomic E-state index is -3.86. The lowest BCUT2D eigenvalue weighted by Crippen LogP contribution is -2.56. The summed E-state index contributed by atoms with van der Waals surface area (Å²) in [6, 6.07) is 7.71. The molecule has 2 fully saturated rings. The van der Waals surface area contributed by atoms with Gasteiger partial charge in [0.05, 0.1) is 4.90 Å². The fourth-order valence-electron chi connectivity index (χ4n) is 5.42. The minimum Gasteiger partial charge on any atom is -0.298 e.